The average Bonchev–Trinajstić information content (AvgIpc) is 3.19. The third kappa shape index (κ3) is 3.87. The van der Waals surface area contributed by atoms with Crippen LogP contribution in [0.4, 0.5) is 5.82 Å². The van der Waals surface area contributed by atoms with Crippen LogP contribution in [0.1, 0.15) is 19.1 Å². The summed E-state index contributed by atoms with van der Waals surface area (Å²) in [5.41, 5.74) is 0.924. The number of anilines is 1. The van der Waals surface area contributed by atoms with Gasteiger partial charge in [-0.15, -0.1) is 10.2 Å². The van der Waals surface area contributed by atoms with E-state index in [9.17, 15) is 4.79 Å². The maximum atomic E-state index is 12.5. The molecule has 1 unspecified atom stereocenters. The van der Waals surface area contributed by atoms with Crippen molar-refractivity contribution in [2.24, 2.45) is 7.05 Å². The molecule has 3 aromatic rings. The summed E-state index contributed by atoms with van der Waals surface area (Å²) in [7, 11) is 1.88. The van der Waals surface area contributed by atoms with E-state index >= 15 is 0 Å². The normalized spacial score (nSPS) is 12.1. The molecular formula is C16H18N6O2S. The van der Waals surface area contributed by atoms with Crippen molar-refractivity contribution in [1.29, 1.82) is 0 Å². The van der Waals surface area contributed by atoms with Gasteiger partial charge in [0.25, 0.3) is 0 Å². The van der Waals surface area contributed by atoms with Crippen LogP contribution in [0.15, 0.2) is 40.3 Å². The van der Waals surface area contributed by atoms with Gasteiger partial charge in [-0.05, 0) is 25.5 Å². The van der Waals surface area contributed by atoms with Crippen molar-refractivity contribution in [3.8, 4) is 11.4 Å². The number of pyridine rings is 1. The number of aromatic nitrogens is 5. The van der Waals surface area contributed by atoms with Crippen molar-refractivity contribution < 1.29 is 9.32 Å². The van der Waals surface area contributed by atoms with Gasteiger partial charge < -0.3 is 14.4 Å². The molecule has 0 aliphatic rings. The third-order valence-corrected chi connectivity index (χ3v) is 4.96. The van der Waals surface area contributed by atoms with Gasteiger partial charge in [-0.25, -0.2) is 0 Å². The molecule has 0 fully saturated rings. The second-order valence-electron chi connectivity index (χ2n) is 5.43. The predicted molar refractivity (Wildman–Crippen MR) is 94.0 cm³/mol. The summed E-state index contributed by atoms with van der Waals surface area (Å²) in [6, 6.07) is 5.42. The van der Waals surface area contributed by atoms with Crippen LogP contribution in [0.5, 0.6) is 0 Å². The minimum Gasteiger partial charge on any atom is -0.360 e. The highest BCUT2D eigenvalue weighted by molar-refractivity contribution is 8.00. The topological polar surface area (TPSA) is 98.7 Å². The van der Waals surface area contributed by atoms with Crippen LogP contribution < -0.4 is 5.32 Å². The average molecular weight is 358 g/mol. The number of carbonyl (C=O) groups excluding carboxylic acids is 1. The summed E-state index contributed by atoms with van der Waals surface area (Å²) in [5, 5.41) is 15.3. The third-order valence-electron chi connectivity index (χ3n) is 3.56. The van der Waals surface area contributed by atoms with E-state index in [1.54, 1.807) is 25.4 Å². The van der Waals surface area contributed by atoms with Crippen LogP contribution in [0.3, 0.4) is 0 Å². The van der Waals surface area contributed by atoms with E-state index in [1.807, 2.05) is 30.7 Å². The molecule has 1 N–H and O–H groups in total. The monoisotopic (exact) mass is 358 g/mol. The molecule has 1 amide bonds. The number of hydrogen-bond donors (Lipinski definition) is 1. The fourth-order valence-corrected chi connectivity index (χ4v) is 3.17. The smallest absolute Gasteiger partial charge is 0.239 e. The first-order chi connectivity index (χ1) is 12.1. The summed E-state index contributed by atoms with van der Waals surface area (Å²) in [6.45, 7) is 3.72. The molecule has 0 saturated carbocycles. The van der Waals surface area contributed by atoms with Crippen molar-refractivity contribution in [2.45, 2.75) is 30.7 Å². The standard InChI is InChI=1S/C16H18N6O2S/c1-4-12(15(23)18-13-9-10(2)24-21-13)25-16-20-19-14(22(16)3)11-5-7-17-8-6-11/h5-9,12H,4H2,1-3H3,(H,18,21,23). The molecule has 3 rings (SSSR count). The molecule has 25 heavy (non-hydrogen) atoms. The van der Waals surface area contributed by atoms with Gasteiger partial charge in [-0.3, -0.25) is 9.78 Å². The Kier molecular flexibility index (Phi) is 5.13. The summed E-state index contributed by atoms with van der Waals surface area (Å²) in [6.07, 6.45) is 4.06. The van der Waals surface area contributed by atoms with Crippen LogP contribution >= 0.6 is 11.8 Å². The highest BCUT2D eigenvalue weighted by atomic mass is 32.2. The maximum Gasteiger partial charge on any atom is 0.239 e. The van der Waals surface area contributed by atoms with E-state index < -0.39 is 0 Å². The molecule has 0 spiro atoms. The Morgan fingerprint density at radius 3 is 2.76 bits per heavy atom. The molecule has 0 aliphatic carbocycles. The zero-order chi connectivity index (χ0) is 17.8. The number of nitrogens with one attached hydrogen (secondary N) is 1. The minimum atomic E-state index is -0.315. The lowest BCUT2D eigenvalue weighted by molar-refractivity contribution is -0.115. The molecule has 1 atom stereocenters. The summed E-state index contributed by atoms with van der Waals surface area (Å²) >= 11 is 1.37. The maximum absolute atomic E-state index is 12.5. The molecule has 9 heteroatoms. The summed E-state index contributed by atoms with van der Waals surface area (Å²) in [4.78, 5) is 16.5. The van der Waals surface area contributed by atoms with E-state index in [2.05, 4.69) is 25.7 Å². The first-order valence-corrected chi connectivity index (χ1v) is 8.67. The molecule has 3 aromatic heterocycles. The van der Waals surface area contributed by atoms with Gasteiger partial charge in [-0.2, -0.15) is 0 Å². The van der Waals surface area contributed by atoms with E-state index in [0.717, 1.165) is 11.4 Å². The highest BCUT2D eigenvalue weighted by Gasteiger charge is 2.22. The number of carbonyl (C=O) groups is 1. The van der Waals surface area contributed by atoms with Gasteiger partial charge in [0, 0.05) is 31.1 Å². The van der Waals surface area contributed by atoms with Gasteiger partial charge in [0.15, 0.2) is 16.8 Å². The lowest BCUT2D eigenvalue weighted by atomic mass is 10.2. The Bertz CT molecular complexity index is 861. The Hall–Kier alpha value is -2.68. The van der Waals surface area contributed by atoms with Gasteiger partial charge in [0.1, 0.15) is 5.76 Å². The number of thioether (sulfide) groups is 1. The Morgan fingerprint density at radius 1 is 1.36 bits per heavy atom. The second-order valence-corrected chi connectivity index (χ2v) is 6.60. The lowest BCUT2D eigenvalue weighted by Gasteiger charge is -2.12. The number of hydrogen-bond acceptors (Lipinski definition) is 7. The Balaban J connectivity index is 1.74. The highest BCUT2D eigenvalue weighted by Crippen LogP contribution is 2.27. The fourth-order valence-electron chi connectivity index (χ4n) is 2.25. The molecule has 3 heterocycles. The molecule has 0 bridgehead atoms. The number of rotatable bonds is 6. The summed E-state index contributed by atoms with van der Waals surface area (Å²) < 4.78 is 6.84. The van der Waals surface area contributed by atoms with Crippen LogP contribution in [0, 0.1) is 6.92 Å². The molecule has 0 aromatic carbocycles. The van der Waals surface area contributed by atoms with Gasteiger partial charge in [0.05, 0.1) is 5.25 Å². The summed E-state index contributed by atoms with van der Waals surface area (Å²) in [5.74, 6) is 1.64. The molecule has 130 valence electrons. The largest absolute Gasteiger partial charge is 0.360 e. The van der Waals surface area contributed by atoms with Gasteiger partial charge in [0.2, 0.25) is 5.91 Å². The minimum absolute atomic E-state index is 0.144. The van der Waals surface area contributed by atoms with E-state index in [-0.39, 0.29) is 11.2 Å². The van der Waals surface area contributed by atoms with Crippen LogP contribution in [-0.4, -0.2) is 36.1 Å². The molecular weight excluding hydrogens is 340 g/mol. The van der Waals surface area contributed by atoms with Crippen molar-refractivity contribution in [3.63, 3.8) is 0 Å². The first-order valence-electron chi connectivity index (χ1n) is 7.79. The molecule has 0 radical (unpaired) electrons. The second kappa shape index (κ2) is 7.47. The van der Waals surface area contributed by atoms with E-state index in [1.165, 1.54) is 11.8 Å². The van der Waals surface area contributed by atoms with Crippen molar-refractivity contribution in [3.05, 3.63) is 36.4 Å². The van der Waals surface area contributed by atoms with E-state index in [0.29, 0.717) is 23.2 Å². The van der Waals surface area contributed by atoms with Crippen LogP contribution in [-0.2, 0) is 11.8 Å². The molecule has 0 saturated heterocycles. The number of nitrogens with zero attached hydrogens (tertiary/aromatic N) is 5. The molecule has 8 nitrogen and oxygen atoms in total. The van der Waals surface area contributed by atoms with Crippen LogP contribution in [0.25, 0.3) is 11.4 Å². The molecule has 0 aliphatic heterocycles. The van der Waals surface area contributed by atoms with Crippen molar-refractivity contribution in [2.75, 3.05) is 5.32 Å². The first kappa shape index (κ1) is 17.2. The Labute approximate surface area is 149 Å². The number of amides is 1. The van der Waals surface area contributed by atoms with Crippen LogP contribution in [0.2, 0.25) is 0 Å². The van der Waals surface area contributed by atoms with Gasteiger partial charge in [-0.1, -0.05) is 23.8 Å². The fraction of sp³-hybridized carbons (Fsp3) is 0.312. The van der Waals surface area contributed by atoms with Crippen molar-refractivity contribution >= 4 is 23.5 Å². The SMILES string of the molecule is CCC(Sc1nnc(-c2ccncc2)n1C)C(=O)Nc1cc(C)on1. The lowest BCUT2D eigenvalue weighted by Crippen LogP contribution is -2.25. The Morgan fingerprint density at radius 2 is 2.12 bits per heavy atom. The zero-order valence-electron chi connectivity index (χ0n) is 14.1. The predicted octanol–water partition coefficient (Wildman–Crippen LogP) is 2.68. The zero-order valence-corrected chi connectivity index (χ0v) is 14.9. The van der Waals surface area contributed by atoms with Crippen molar-refractivity contribution in [1.82, 2.24) is 24.9 Å². The van der Waals surface area contributed by atoms with E-state index in [4.69, 9.17) is 4.52 Å². The number of aryl methyl sites for hydroxylation is 1. The quantitative estimate of drug-likeness (QED) is 0.676. The van der Waals surface area contributed by atoms with Gasteiger partial charge >= 0.3 is 0 Å².